The lowest BCUT2D eigenvalue weighted by molar-refractivity contribution is -0.205. The van der Waals surface area contributed by atoms with E-state index in [1.54, 1.807) is 12.1 Å². The summed E-state index contributed by atoms with van der Waals surface area (Å²) in [7, 11) is 0. The Bertz CT molecular complexity index is 1450. The van der Waals surface area contributed by atoms with Gasteiger partial charge in [0.2, 0.25) is 5.82 Å². The van der Waals surface area contributed by atoms with Crippen LogP contribution in [0, 0.1) is 5.82 Å². The van der Waals surface area contributed by atoms with Crippen LogP contribution < -0.4 is 0 Å². The Balaban J connectivity index is 1.22. The highest BCUT2D eigenvalue weighted by molar-refractivity contribution is 5.68. The zero-order valence-corrected chi connectivity index (χ0v) is 20.6. The van der Waals surface area contributed by atoms with E-state index in [4.69, 9.17) is 24.2 Å². The molecule has 1 aliphatic rings. The predicted molar refractivity (Wildman–Crippen MR) is 136 cm³/mol. The number of aromatic nitrogens is 2. The number of rotatable bonds is 7. The van der Waals surface area contributed by atoms with Crippen LogP contribution in [0.3, 0.4) is 0 Å². The van der Waals surface area contributed by atoms with Crippen molar-refractivity contribution in [3.05, 3.63) is 84.2 Å². The summed E-state index contributed by atoms with van der Waals surface area (Å²) in [5, 5.41) is 21.9. The van der Waals surface area contributed by atoms with Gasteiger partial charge in [-0.25, -0.2) is 14.0 Å². The fraction of sp³-hybridized carbons (Fsp3) is 0.214. The zero-order valence-electron chi connectivity index (χ0n) is 20.6. The molecule has 0 unspecified atom stereocenters. The Labute approximate surface area is 222 Å². The van der Waals surface area contributed by atoms with Gasteiger partial charge in [0, 0.05) is 49.2 Å². The SMILES string of the molecule is O=C(O)OC1(OC(=O)O)CCN(Cc2ccc(-c3noc(-c4ccc(-c5ccccc5)c(F)c4)n3)cc2)CC1. The van der Waals surface area contributed by atoms with E-state index in [-0.39, 0.29) is 24.5 Å². The first-order valence-electron chi connectivity index (χ1n) is 12.1. The second kappa shape index (κ2) is 10.9. The van der Waals surface area contributed by atoms with Crippen molar-refractivity contribution >= 4 is 12.3 Å². The third kappa shape index (κ3) is 6.04. The molecule has 10 nitrogen and oxygen atoms in total. The molecule has 1 saturated heterocycles. The lowest BCUT2D eigenvalue weighted by Gasteiger charge is -2.38. The minimum absolute atomic E-state index is 0.0856. The van der Waals surface area contributed by atoms with Crippen molar-refractivity contribution < 1.29 is 38.2 Å². The first-order chi connectivity index (χ1) is 18.8. The van der Waals surface area contributed by atoms with Crippen LogP contribution in [0.1, 0.15) is 18.4 Å². The molecule has 2 heterocycles. The van der Waals surface area contributed by atoms with Crippen molar-refractivity contribution in [3.63, 3.8) is 0 Å². The van der Waals surface area contributed by atoms with E-state index in [9.17, 15) is 14.0 Å². The first-order valence-corrected chi connectivity index (χ1v) is 12.1. The van der Waals surface area contributed by atoms with Crippen LogP contribution in [-0.2, 0) is 16.0 Å². The molecule has 1 aliphatic heterocycles. The van der Waals surface area contributed by atoms with E-state index in [0.717, 1.165) is 16.7 Å². The van der Waals surface area contributed by atoms with Gasteiger partial charge in [-0.3, -0.25) is 4.90 Å². The van der Waals surface area contributed by atoms with Crippen LogP contribution in [0.5, 0.6) is 0 Å². The summed E-state index contributed by atoms with van der Waals surface area (Å²) in [6.07, 6.45) is -3.00. The number of hydrogen-bond donors (Lipinski definition) is 2. The van der Waals surface area contributed by atoms with E-state index in [1.165, 1.54) is 6.07 Å². The van der Waals surface area contributed by atoms with Gasteiger partial charge in [-0.2, -0.15) is 4.98 Å². The minimum atomic E-state index is -1.70. The molecule has 200 valence electrons. The summed E-state index contributed by atoms with van der Waals surface area (Å²) in [5.74, 6) is -1.51. The molecule has 0 radical (unpaired) electrons. The highest BCUT2D eigenvalue weighted by Gasteiger charge is 2.42. The average molecular weight is 534 g/mol. The van der Waals surface area contributed by atoms with Gasteiger partial charge in [-0.15, -0.1) is 0 Å². The monoisotopic (exact) mass is 533 g/mol. The number of ether oxygens (including phenoxy) is 2. The number of nitrogens with zero attached hydrogens (tertiary/aromatic N) is 3. The number of hydrogen-bond acceptors (Lipinski definition) is 8. The molecule has 5 rings (SSSR count). The van der Waals surface area contributed by atoms with E-state index in [1.807, 2.05) is 59.5 Å². The van der Waals surface area contributed by atoms with Crippen LogP contribution in [0.15, 0.2) is 77.3 Å². The summed E-state index contributed by atoms with van der Waals surface area (Å²) in [5.41, 5.74) is 3.43. The van der Waals surface area contributed by atoms with E-state index in [2.05, 4.69) is 10.1 Å². The van der Waals surface area contributed by atoms with Gasteiger partial charge < -0.3 is 24.2 Å². The molecule has 1 fully saturated rings. The number of carbonyl (C=O) groups is 2. The molecule has 0 atom stereocenters. The lowest BCUT2D eigenvalue weighted by atomic mass is 10.0. The van der Waals surface area contributed by atoms with Gasteiger partial charge in [0.15, 0.2) is 0 Å². The second-order valence-corrected chi connectivity index (χ2v) is 9.10. The fourth-order valence-electron chi connectivity index (χ4n) is 4.57. The molecule has 39 heavy (non-hydrogen) atoms. The lowest BCUT2D eigenvalue weighted by Crippen LogP contribution is -2.49. The number of piperidine rings is 1. The Morgan fingerprint density at radius 1 is 0.897 bits per heavy atom. The van der Waals surface area contributed by atoms with Gasteiger partial charge >= 0.3 is 12.3 Å². The van der Waals surface area contributed by atoms with E-state index in [0.29, 0.717) is 36.6 Å². The van der Waals surface area contributed by atoms with Gasteiger partial charge in [-0.05, 0) is 23.3 Å². The maximum absolute atomic E-state index is 14.8. The quantitative estimate of drug-likeness (QED) is 0.219. The molecular weight excluding hydrogens is 509 g/mol. The molecule has 11 heteroatoms. The molecule has 3 aromatic carbocycles. The van der Waals surface area contributed by atoms with Crippen molar-refractivity contribution in [1.29, 1.82) is 0 Å². The average Bonchev–Trinajstić information content (AvgIpc) is 3.41. The molecule has 4 aromatic rings. The fourth-order valence-corrected chi connectivity index (χ4v) is 4.57. The largest absolute Gasteiger partial charge is 0.509 e. The van der Waals surface area contributed by atoms with Crippen LogP contribution >= 0.6 is 0 Å². The minimum Gasteiger partial charge on any atom is -0.450 e. The van der Waals surface area contributed by atoms with Crippen LogP contribution in [0.2, 0.25) is 0 Å². The van der Waals surface area contributed by atoms with Crippen molar-refractivity contribution in [2.75, 3.05) is 13.1 Å². The van der Waals surface area contributed by atoms with Crippen LogP contribution in [0.4, 0.5) is 14.0 Å². The number of likely N-dealkylation sites (tertiary alicyclic amines) is 1. The molecule has 2 N–H and O–H groups in total. The predicted octanol–water partition coefficient (Wildman–Crippen LogP) is 5.89. The van der Waals surface area contributed by atoms with Crippen molar-refractivity contribution in [2.45, 2.75) is 25.2 Å². The van der Waals surface area contributed by atoms with Gasteiger partial charge in [0.05, 0.1) is 0 Å². The summed E-state index contributed by atoms with van der Waals surface area (Å²) in [6, 6.07) is 21.6. The zero-order chi connectivity index (χ0) is 27.4. The smallest absolute Gasteiger partial charge is 0.450 e. The first kappa shape index (κ1) is 25.9. The van der Waals surface area contributed by atoms with Crippen LogP contribution in [-0.4, -0.2) is 56.4 Å². The van der Waals surface area contributed by atoms with Crippen molar-refractivity contribution in [3.8, 4) is 34.0 Å². The third-order valence-electron chi connectivity index (χ3n) is 6.51. The summed E-state index contributed by atoms with van der Waals surface area (Å²) in [4.78, 5) is 28.5. The Hall–Kier alpha value is -4.77. The number of carboxylic acid groups (broad SMARTS) is 2. The van der Waals surface area contributed by atoms with Gasteiger partial charge in [0.25, 0.3) is 11.7 Å². The Morgan fingerprint density at radius 3 is 2.15 bits per heavy atom. The maximum atomic E-state index is 14.8. The molecule has 1 aromatic heterocycles. The van der Waals surface area contributed by atoms with Crippen LogP contribution in [0.25, 0.3) is 34.0 Å². The highest BCUT2D eigenvalue weighted by Crippen LogP contribution is 2.31. The molecule has 0 spiro atoms. The summed E-state index contributed by atoms with van der Waals surface area (Å²) in [6.45, 7) is 1.33. The molecular formula is C28H24FN3O7. The number of halogens is 1. The molecule has 0 saturated carbocycles. The van der Waals surface area contributed by atoms with Gasteiger partial charge in [-0.1, -0.05) is 65.8 Å². The highest BCUT2D eigenvalue weighted by atomic mass is 19.1. The normalized spacial score (nSPS) is 15.0. The molecule has 0 amide bonds. The van der Waals surface area contributed by atoms with Crippen molar-refractivity contribution in [2.24, 2.45) is 0 Å². The summed E-state index contributed by atoms with van der Waals surface area (Å²) >= 11 is 0. The topological polar surface area (TPSA) is 135 Å². The molecule has 0 bridgehead atoms. The van der Waals surface area contributed by atoms with Crippen molar-refractivity contribution in [1.82, 2.24) is 15.0 Å². The van der Waals surface area contributed by atoms with Gasteiger partial charge in [0.1, 0.15) is 5.82 Å². The Kier molecular flexibility index (Phi) is 7.24. The standard InChI is InChI=1S/C28H24FN3O7/c29-23-16-21(10-11-22(23)19-4-2-1-3-5-19)25-30-24(31-39-25)20-8-6-18(7-9-20)17-32-14-12-28(13-15-32,37-26(33)34)38-27(35)36/h1-11,16H,12-15,17H2,(H,33,34)(H,35,36). The van der Waals surface area contributed by atoms with E-state index >= 15 is 0 Å². The second-order valence-electron chi connectivity index (χ2n) is 9.10. The third-order valence-corrected chi connectivity index (χ3v) is 6.51. The van der Waals surface area contributed by atoms with E-state index < -0.39 is 18.1 Å². The summed E-state index contributed by atoms with van der Waals surface area (Å²) < 4.78 is 29.7. The maximum Gasteiger partial charge on any atom is 0.509 e. The molecule has 0 aliphatic carbocycles. The number of benzene rings is 3. The Morgan fingerprint density at radius 2 is 1.54 bits per heavy atom.